The zero-order valence-corrected chi connectivity index (χ0v) is 19.9. The number of benzene rings is 2. The summed E-state index contributed by atoms with van der Waals surface area (Å²) < 4.78 is 26.4. The van der Waals surface area contributed by atoms with Gasteiger partial charge in [-0.05, 0) is 44.0 Å². The van der Waals surface area contributed by atoms with Gasteiger partial charge < -0.3 is 9.26 Å². The summed E-state index contributed by atoms with van der Waals surface area (Å²) >= 11 is 1.27. The van der Waals surface area contributed by atoms with Crippen LogP contribution in [0.2, 0.25) is 0 Å². The van der Waals surface area contributed by atoms with E-state index in [9.17, 15) is 9.18 Å². The molecule has 0 radical (unpaired) electrons. The Kier molecular flexibility index (Phi) is 6.91. The number of anilines is 1. The molecule has 1 saturated heterocycles. The molecule has 1 aliphatic heterocycles. The molecule has 1 atom stereocenters. The number of aromatic nitrogens is 4. The Morgan fingerprint density at radius 3 is 2.66 bits per heavy atom. The summed E-state index contributed by atoms with van der Waals surface area (Å²) in [5.41, 5.74) is 3.45. The van der Waals surface area contributed by atoms with E-state index < -0.39 is 0 Å². The lowest BCUT2D eigenvalue weighted by Crippen LogP contribution is -2.18. The molecule has 3 heterocycles. The number of aryl methyl sites for hydroxylation is 1. The minimum absolute atomic E-state index is 0.0489. The van der Waals surface area contributed by atoms with Gasteiger partial charge in [-0.1, -0.05) is 46.7 Å². The van der Waals surface area contributed by atoms with Crippen molar-refractivity contribution in [1.82, 2.24) is 19.9 Å². The van der Waals surface area contributed by atoms with Gasteiger partial charge in [0.1, 0.15) is 11.5 Å². The summed E-state index contributed by atoms with van der Waals surface area (Å²) in [6.07, 6.45) is 2.00. The Hall–Kier alpha value is -3.50. The molecule has 0 unspecified atom stereocenters. The SMILES string of the molecule is Cc1ccc(-c2cc(NC(=O)CSc3nnc(-c4ccc(F)cc4)n3C[C@H]3CCCO3)on2)cc1. The molecule has 0 aliphatic carbocycles. The van der Waals surface area contributed by atoms with Crippen molar-refractivity contribution in [3.63, 3.8) is 0 Å². The molecule has 180 valence electrons. The van der Waals surface area contributed by atoms with Crippen LogP contribution in [0.3, 0.4) is 0 Å². The first-order chi connectivity index (χ1) is 17.0. The fourth-order valence-electron chi connectivity index (χ4n) is 3.86. The Morgan fingerprint density at radius 2 is 1.91 bits per heavy atom. The molecule has 10 heteroatoms. The molecular formula is C25H24FN5O3S. The van der Waals surface area contributed by atoms with Crippen molar-refractivity contribution in [2.75, 3.05) is 17.7 Å². The van der Waals surface area contributed by atoms with Crippen LogP contribution in [0.4, 0.5) is 10.3 Å². The first-order valence-electron chi connectivity index (χ1n) is 11.3. The smallest absolute Gasteiger partial charge is 0.237 e. The van der Waals surface area contributed by atoms with Crippen molar-refractivity contribution in [2.24, 2.45) is 0 Å². The summed E-state index contributed by atoms with van der Waals surface area (Å²) in [6, 6.07) is 15.7. The van der Waals surface area contributed by atoms with Crippen molar-refractivity contribution in [3.05, 3.63) is 66.0 Å². The van der Waals surface area contributed by atoms with Crippen LogP contribution >= 0.6 is 11.8 Å². The molecule has 4 aromatic rings. The van der Waals surface area contributed by atoms with Gasteiger partial charge in [-0.25, -0.2) is 4.39 Å². The number of nitrogens with zero attached hydrogens (tertiary/aromatic N) is 4. The molecule has 0 spiro atoms. The number of ether oxygens (including phenoxy) is 1. The molecule has 2 aromatic heterocycles. The number of amides is 1. The van der Waals surface area contributed by atoms with Gasteiger partial charge in [-0.3, -0.25) is 14.7 Å². The molecule has 0 saturated carbocycles. The van der Waals surface area contributed by atoms with Crippen molar-refractivity contribution in [1.29, 1.82) is 0 Å². The van der Waals surface area contributed by atoms with Crippen molar-refractivity contribution < 1.29 is 18.4 Å². The van der Waals surface area contributed by atoms with Crippen LogP contribution in [-0.4, -0.2) is 44.3 Å². The van der Waals surface area contributed by atoms with E-state index in [2.05, 4.69) is 20.7 Å². The normalized spacial score (nSPS) is 15.4. The van der Waals surface area contributed by atoms with Crippen LogP contribution in [0, 0.1) is 12.7 Å². The minimum atomic E-state index is -0.317. The molecule has 5 rings (SSSR count). The van der Waals surface area contributed by atoms with E-state index in [1.807, 2.05) is 35.8 Å². The summed E-state index contributed by atoms with van der Waals surface area (Å²) in [5, 5.41) is 16.0. The highest BCUT2D eigenvalue weighted by Gasteiger charge is 2.22. The van der Waals surface area contributed by atoms with Gasteiger partial charge >= 0.3 is 0 Å². The average Bonchev–Trinajstić information content (AvgIpc) is 3.61. The lowest BCUT2D eigenvalue weighted by molar-refractivity contribution is -0.113. The molecule has 35 heavy (non-hydrogen) atoms. The van der Waals surface area contributed by atoms with E-state index in [0.29, 0.717) is 23.2 Å². The molecular weight excluding hydrogens is 469 g/mol. The van der Waals surface area contributed by atoms with Crippen molar-refractivity contribution in [2.45, 2.75) is 37.6 Å². The summed E-state index contributed by atoms with van der Waals surface area (Å²) in [6.45, 7) is 3.30. The molecule has 8 nitrogen and oxygen atoms in total. The monoisotopic (exact) mass is 493 g/mol. The van der Waals surface area contributed by atoms with Crippen molar-refractivity contribution in [3.8, 4) is 22.6 Å². The zero-order valence-electron chi connectivity index (χ0n) is 19.1. The van der Waals surface area contributed by atoms with Crippen LogP contribution in [0.5, 0.6) is 0 Å². The average molecular weight is 494 g/mol. The van der Waals surface area contributed by atoms with Gasteiger partial charge in [0.2, 0.25) is 11.8 Å². The standard InChI is InChI=1S/C25H24FN5O3S/c1-16-4-6-17(7-5-16)21-13-23(34-30-21)27-22(32)15-35-25-29-28-24(18-8-10-19(26)11-9-18)31(25)14-20-3-2-12-33-20/h4-11,13,20H,2-3,12,14-15H2,1H3,(H,27,32)/t20-/m1/s1. The van der Waals surface area contributed by atoms with Gasteiger partial charge in [-0.15, -0.1) is 10.2 Å². The van der Waals surface area contributed by atoms with Crippen LogP contribution in [0.15, 0.2) is 64.3 Å². The predicted octanol–water partition coefficient (Wildman–Crippen LogP) is 4.96. The molecule has 1 fully saturated rings. The third-order valence-electron chi connectivity index (χ3n) is 5.68. The lowest BCUT2D eigenvalue weighted by Gasteiger charge is -2.14. The Balaban J connectivity index is 1.27. The van der Waals surface area contributed by atoms with Crippen LogP contribution in [0.25, 0.3) is 22.6 Å². The van der Waals surface area contributed by atoms with E-state index >= 15 is 0 Å². The maximum atomic E-state index is 13.4. The van der Waals surface area contributed by atoms with Crippen LogP contribution in [0.1, 0.15) is 18.4 Å². The first kappa shape index (κ1) is 23.3. The minimum Gasteiger partial charge on any atom is -0.376 e. The quantitative estimate of drug-likeness (QED) is 0.347. The maximum absolute atomic E-state index is 13.4. The van der Waals surface area contributed by atoms with E-state index in [1.54, 1.807) is 18.2 Å². The zero-order chi connectivity index (χ0) is 24.2. The number of hydrogen-bond acceptors (Lipinski definition) is 7. The van der Waals surface area contributed by atoms with E-state index in [1.165, 1.54) is 23.9 Å². The van der Waals surface area contributed by atoms with Gasteiger partial charge in [0.15, 0.2) is 11.0 Å². The number of hydrogen-bond donors (Lipinski definition) is 1. The summed E-state index contributed by atoms with van der Waals surface area (Å²) in [7, 11) is 0. The van der Waals surface area contributed by atoms with Crippen LogP contribution < -0.4 is 5.32 Å². The number of carbonyl (C=O) groups excluding carboxylic acids is 1. The van der Waals surface area contributed by atoms with E-state index in [4.69, 9.17) is 9.26 Å². The second-order valence-corrected chi connectivity index (χ2v) is 9.28. The van der Waals surface area contributed by atoms with Crippen molar-refractivity contribution >= 4 is 23.6 Å². The van der Waals surface area contributed by atoms with Gasteiger partial charge in [-0.2, -0.15) is 0 Å². The van der Waals surface area contributed by atoms with Gasteiger partial charge in [0, 0.05) is 23.8 Å². The topological polar surface area (TPSA) is 95.1 Å². The third-order valence-corrected chi connectivity index (χ3v) is 6.65. The maximum Gasteiger partial charge on any atom is 0.237 e. The highest BCUT2D eigenvalue weighted by molar-refractivity contribution is 7.99. The highest BCUT2D eigenvalue weighted by Crippen LogP contribution is 2.27. The Bertz CT molecular complexity index is 1300. The predicted molar refractivity (Wildman–Crippen MR) is 130 cm³/mol. The fourth-order valence-corrected chi connectivity index (χ4v) is 4.61. The van der Waals surface area contributed by atoms with Gasteiger partial charge in [0.05, 0.1) is 18.4 Å². The molecule has 2 aromatic carbocycles. The largest absolute Gasteiger partial charge is 0.376 e. The van der Waals surface area contributed by atoms with E-state index in [-0.39, 0.29) is 29.5 Å². The molecule has 0 bridgehead atoms. The summed E-state index contributed by atoms with van der Waals surface area (Å²) in [4.78, 5) is 12.6. The number of thioether (sulfide) groups is 1. The molecule has 1 amide bonds. The second-order valence-electron chi connectivity index (χ2n) is 8.34. The number of nitrogens with one attached hydrogen (secondary N) is 1. The Morgan fingerprint density at radius 1 is 1.14 bits per heavy atom. The number of rotatable bonds is 8. The molecule has 1 aliphatic rings. The summed E-state index contributed by atoms with van der Waals surface area (Å²) in [5.74, 6) is 0.424. The number of carbonyl (C=O) groups is 1. The number of halogens is 1. The van der Waals surface area contributed by atoms with E-state index in [0.717, 1.165) is 36.1 Å². The third kappa shape index (κ3) is 5.60. The second kappa shape index (κ2) is 10.4. The van der Waals surface area contributed by atoms with Gasteiger partial charge in [0.25, 0.3) is 0 Å². The highest BCUT2D eigenvalue weighted by atomic mass is 32.2. The lowest BCUT2D eigenvalue weighted by atomic mass is 10.1. The van der Waals surface area contributed by atoms with Crippen LogP contribution in [-0.2, 0) is 16.1 Å². The fraction of sp³-hybridized carbons (Fsp3) is 0.280. The first-order valence-corrected chi connectivity index (χ1v) is 12.3. The molecule has 1 N–H and O–H groups in total. The Labute approximate surface area is 205 Å².